The maximum absolute atomic E-state index is 2.25. The van der Waals surface area contributed by atoms with Crippen molar-refractivity contribution in [2.45, 2.75) is 27.2 Å². The van der Waals surface area contributed by atoms with Crippen LogP contribution in [0.2, 0.25) is 0 Å². The molecular formula is C21H25N. The average molecular weight is 291 g/mol. The van der Waals surface area contributed by atoms with Gasteiger partial charge in [0.15, 0.2) is 0 Å². The van der Waals surface area contributed by atoms with E-state index in [9.17, 15) is 0 Å². The van der Waals surface area contributed by atoms with Crippen molar-refractivity contribution < 1.29 is 0 Å². The van der Waals surface area contributed by atoms with Crippen molar-refractivity contribution >= 4 is 0 Å². The first kappa shape index (κ1) is 16.1. The van der Waals surface area contributed by atoms with Crippen molar-refractivity contribution in [1.29, 1.82) is 0 Å². The molecule has 0 saturated heterocycles. The van der Waals surface area contributed by atoms with Gasteiger partial charge >= 0.3 is 0 Å². The fourth-order valence-electron chi connectivity index (χ4n) is 2.51. The van der Waals surface area contributed by atoms with Crippen molar-refractivity contribution in [2.24, 2.45) is 7.05 Å². The quantitative estimate of drug-likeness (QED) is 0.539. The lowest BCUT2D eigenvalue weighted by Gasteiger charge is -2.07. The molecule has 3 aromatic rings. The van der Waals surface area contributed by atoms with Gasteiger partial charge in [-0.1, -0.05) is 68.8 Å². The molecule has 3 rings (SSSR count). The van der Waals surface area contributed by atoms with Gasteiger partial charge in [-0.25, -0.2) is 0 Å². The number of aryl methyl sites for hydroxylation is 2. The van der Waals surface area contributed by atoms with E-state index in [4.69, 9.17) is 0 Å². The third-order valence-corrected chi connectivity index (χ3v) is 3.41. The fraction of sp³-hybridized carbons (Fsp3) is 0.238. The van der Waals surface area contributed by atoms with E-state index in [0.29, 0.717) is 0 Å². The summed E-state index contributed by atoms with van der Waals surface area (Å²) >= 11 is 0. The molecule has 114 valence electrons. The second kappa shape index (κ2) is 7.65. The molecule has 0 radical (unpaired) electrons. The summed E-state index contributed by atoms with van der Waals surface area (Å²) in [5.74, 6) is 0. The molecular weight excluding hydrogens is 266 g/mol. The van der Waals surface area contributed by atoms with Gasteiger partial charge in [0.25, 0.3) is 0 Å². The highest BCUT2D eigenvalue weighted by Crippen LogP contribution is 2.27. The number of nitrogens with zero attached hydrogens (tertiary/aromatic N) is 1. The molecule has 0 atom stereocenters. The molecule has 1 nitrogen and oxygen atoms in total. The standard InChI is InChI=1S/C18H17N.C3H8/c1-14-11-18(19(2)13-14)17-10-6-9-16(12-17)15-7-4-3-5-8-15;1-3-2/h3-13H,1-2H3;3H2,1-2H3. The number of hydrogen-bond donors (Lipinski definition) is 0. The Labute approximate surface area is 134 Å². The molecule has 0 bridgehead atoms. The summed E-state index contributed by atoms with van der Waals surface area (Å²) in [6.45, 7) is 6.38. The lowest BCUT2D eigenvalue weighted by atomic mass is 10.0. The molecule has 2 aromatic carbocycles. The molecule has 0 aliphatic heterocycles. The van der Waals surface area contributed by atoms with Crippen molar-refractivity contribution in [3.63, 3.8) is 0 Å². The van der Waals surface area contributed by atoms with Gasteiger partial charge in [-0.3, -0.25) is 0 Å². The van der Waals surface area contributed by atoms with Crippen LogP contribution in [0.1, 0.15) is 25.8 Å². The Kier molecular flexibility index (Phi) is 5.60. The third kappa shape index (κ3) is 3.88. The smallest absolute Gasteiger partial charge is 0.0480 e. The van der Waals surface area contributed by atoms with Crippen LogP contribution in [0.25, 0.3) is 22.4 Å². The maximum Gasteiger partial charge on any atom is 0.0480 e. The third-order valence-electron chi connectivity index (χ3n) is 3.41. The van der Waals surface area contributed by atoms with Crippen molar-refractivity contribution in [1.82, 2.24) is 4.57 Å². The summed E-state index contributed by atoms with van der Waals surface area (Å²) in [5.41, 5.74) is 6.34. The van der Waals surface area contributed by atoms with Crippen molar-refractivity contribution in [3.05, 3.63) is 72.4 Å². The topological polar surface area (TPSA) is 4.93 Å². The zero-order chi connectivity index (χ0) is 15.9. The first-order chi connectivity index (χ1) is 10.7. The van der Waals surface area contributed by atoms with Crippen LogP contribution in [0.3, 0.4) is 0 Å². The summed E-state index contributed by atoms with van der Waals surface area (Å²) in [7, 11) is 2.09. The molecule has 0 saturated carbocycles. The zero-order valence-electron chi connectivity index (χ0n) is 14.0. The average Bonchev–Trinajstić information content (AvgIpc) is 2.88. The maximum atomic E-state index is 2.25. The van der Waals surface area contributed by atoms with Crippen LogP contribution >= 0.6 is 0 Å². The van der Waals surface area contributed by atoms with E-state index in [1.165, 1.54) is 34.4 Å². The van der Waals surface area contributed by atoms with Crippen molar-refractivity contribution in [3.8, 4) is 22.4 Å². The summed E-state index contributed by atoms with van der Waals surface area (Å²) in [6.07, 6.45) is 3.41. The normalized spacial score (nSPS) is 10.0. The Morgan fingerprint density at radius 2 is 1.36 bits per heavy atom. The van der Waals surface area contributed by atoms with E-state index in [1.807, 2.05) is 6.07 Å². The molecule has 0 unspecified atom stereocenters. The van der Waals surface area contributed by atoms with E-state index in [0.717, 1.165) is 0 Å². The summed E-state index contributed by atoms with van der Waals surface area (Å²) in [4.78, 5) is 0. The molecule has 22 heavy (non-hydrogen) atoms. The van der Waals surface area contributed by atoms with Crippen molar-refractivity contribution in [2.75, 3.05) is 0 Å². The molecule has 1 aromatic heterocycles. The highest BCUT2D eigenvalue weighted by Gasteiger charge is 2.05. The minimum Gasteiger partial charge on any atom is -0.350 e. The van der Waals surface area contributed by atoms with E-state index in [-0.39, 0.29) is 0 Å². The Bertz CT molecular complexity index is 708. The van der Waals surface area contributed by atoms with E-state index < -0.39 is 0 Å². The van der Waals surface area contributed by atoms with Crippen LogP contribution in [0.4, 0.5) is 0 Å². The highest BCUT2D eigenvalue weighted by atomic mass is 14.9. The van der Waals surface area contributed by atoms with Gasteiger partial charge in [-0.2, -0.15) is 0 Å². The predicted octanol–water partition coefficient (Wildman–Crippen LogP) is 6.08. The first-order valence-electron chi connectivity index (χ1n) is 7.94. The lowest BCUT2D eigenvalue weighted by molar-refractivity contribution is 0.933. The molecule has 0 fully saturated rings. The zero-order valence-corrected chi connectivity index (χ0v) is 14.0. The van der Waals surface area contributed by atoms with Crippen LogP contribution in [0, 0.1) is 6.92 Å². The fourth-order valence-corrected chi connectivity index (χ4v) is 2.51. The summed E-state index contributed by atoms with van der Waals surface area (Å²) in [5, 5.41) is 0. The van der Waals surface area contributed by atoms with Gasteiger partial charge in [0.05, 0.1) is 0 Å². The molecule has 1 heterocycles. The largest absolute Gasteiger partial charge is 0.350 e. The first-order valence-corrected chi connectivity index (χ1v) is 7.94. The van der Waals surface area contributed by atoms with E-state index in [1.54, 1.807) is 0 Å². The Morgan fingerprint density at radius 1 is 0.773 bits per heavy atom. The Hall–Kier alpha value is -2.28. The summed E-state index contributed by atoms with van der Waals surface area (Å²) in [6, 6.07) is 21.4. The SMILES string of the molecule is CCC.Cc1cc(-c2cccc(-c3ccccc3)c2)n(C)c1. The molecule has 0 amide bonds. The van der Waals surface area contributed by atoms with E-state index >= 15 is 0 Å². The number of benzene rings is 2. The molecule has 1 heteroatoms. The van der Waals surface area contributed by atoms with E-state index in [2.05, 4.69) is 93.2 Å². The van der Waals surface area contributed by atoms with Gasteiger partial charge in [0.1, 0.15) is 0 Å². The van der Waals surface area contributed by atoms with Crippen LogP contribution in [-0.2, 0) is 7.05 Å². The highest BCUT2D eigenvalue weighted by molar-refractivity contribution is 5.72. The number of rotatable bonds is 2. The number of hydrogen-bond acceptors (Lipinski definition) is 0. The van der Waals surface area contributed by atoms with Gasteiger partial charge in [0.2, 0.25) is 0 Å². The predicted molar refractivity (Wildman–Crippen MR) is 97.0 cm³/mol. The van der Waals surface area contributed by atoms with Crippen LogP contribution in [0.15, 0.2) is 66.9 Å². The Balaban J connectivity index is 0.000000545. The van der Waals surface area contributed by atoms with Gasteiger partial charge in [0, 0.05) is 18.9 Å². The molecule has 0 N–H and O–H groups in total. The van der Waals surface area contributed by atoms with Gasteiger partial charge in [-0.15, -0.1) is 0 Å². The Morgan fingerprint density at radius 3 is 1.95 bits per heavy atom. The van der Waals surface area contributed by atoms with Gasteiger partial charge < -0.3 is 4.57 Å². The van der Waals surface area contributed by atoms with Gasteiger partial charge in [-0.05, 0) is 41.3 Å². The monoisotopic (exact) mass is 291 g/mol. The summed E-state index contributed by atoms with van der Waals surface area (Å²) < 4.78 is 2.18. The number of aromatic nitrogens is 1. The second-order valence-corrected chi connectivity index (χ2v) is 5.67. The lowest BCUT2D eigenvalue weighted by Crippen LogP contribution is -1.89. The van der Waals surface area contributed by atoms with Crippen LogP contribution < -0.4 is 0 Å². The minimum absolute atomic E-state index is 1.25. The van der Waals surface area contributed by atoms with Crippen LogP contribution in [0.5, 0.6) is 0 Å². The minimum atomic E-state index is 1.25. The van der Waals surface area contributed by atoms with Crippen LogP contribution in [-0.4, -0.2) is 4.57 Å². The molecule has 0 spiro atoms. The second-order valence-electron chi connectivity index (χ2n) is 5.67. The molecule has 0 aliphatic rings. The molecule has 0 aliphatic carbocycles.